The number of methoxy groups -OCH3 is 4. The van der Waals surface area contributed by atoms with Crippen molar-refractivity contribution in [1.29, 1.82) is 0 Å². The van der Waals surface area contributed by atoms with E-state index < -0.39 is 0 Å². The monoisotopic (exact) mass is 362 g/mol. The maximum atomic E-state index is 10.5. The van der Waals surface area contributed by atoms with Gasteiger partial charge in [0, 0.05) is 16.7 Å². The van der Waals surface area contributed by atoms with Crippen LogP contribution in [0, 0.1) is 6.92 Å². The highest BCUT2D eigenvalue weighted by atomic mass is 16.5. The number of hydrogen-bond donors (Lipinski definition) is 1. The zero-order valence-electron chi connectivity index (χ0n) is 15.4. The Morgan fingerprint density at radius 2 is 1.00 bits per heavy atom. The molecule has 0 atom stereocenters. The van der Waals surface area contributed by atoms with Gasteiger partial charge in [-0.2, -0.15) is 0 Å². The summed E-state index contributed by atoms with van der Waals surface area (Å²) in [6, 6.07) is 6.24. The van der Waals surface area contributed by atoms with Gasteiger partial charge < -0.3 is 24.1 Å². The summed E-state index contributed by atoms with van der Waals surface area (Å²) in [5, 5.41) is 9.44. The fraction of sp³-hybridized carbons (Fsp3) is 0.263. The molecule has 0 saturated heterocycles. The van der Waals surface area contributed by atoms with Crippen LogP contribution >= 0.6 is 0 Å². The van der Waals surface area contributed by atoms with E-state index in [9.17, 15) is 14.7 Å². The van der Waals surface area contributed by atoms with Crippen LogP contribution in [0.1, 0.15) is 26.3 Å². The number of aromatic hydroxyl groups is 1. The van der Waals surface area contributed by atoms with Gasteiger partial charge in [-0.15, -0.1) is 0 Å². The number of hydrogen-bond acceptors (Lipinski definition) is 7. The topological polar surface area (TPSA) is 91.3 Å². The Bertz CT molecular complexity index is 653. The summed E-state index contributed by atoms with van der Waals surface area (Å²) in [7, 11) is 5.94. The SMILES string of the molecule is COc1cc(C=O)cc(OC)c1C.COc1cc(C=O)cc(OC)c1O. The van der Waals surface area contributed by atoms with Crippen molar-refractivity contribution in [3.8, 4) is 28.7 Å². The normalized spacial score (nSPS) is 9.42. The molecule has 1 N–H and O–H groups in total. The number of ether oxygens (including phenoxy) is 4. The van der Waals surface area contributed by atoms with E-state index in [1.807, 2.05) is 6.92 Å². The maximum Gasteiger partial charge on any atom is 0.200 e. The molecular formula is C19H22O7. The highest BCUT2D eigenvalue weighted by Crippen LogP contribution is 2.36. The Kier molecular flexibility index (Phi) is 7.95. The van der Waals surface area contributed by atoms with Gasteiger partial charge in [0.2, 0.25) is 5.75 Å². The average molecular weight is 362 g/mol. The molecule has 0 aliphatic rings. The van der Waals surface area contributed by atoms with Crippen LogP contribution < -0.4 is 18.9 Å². The summed E-state index contributed by atoms with van der Waals surface area (Å²) in [5.41, 5.74) is 1.85. The molecule has 0 fully saturated rings. The molecule has 0 radical (unpaired) electrons. The van der Waals surface area contributed by atoms with Crippen molar-refractivity contribution in [3.63, 3.8) is 0 Å². The van der Waals surface area contributed by atoms with E-state index in [0.29, 0.717) is 28.9 Å². The van der Waals surface area contributed by atoms with Gasteiger partial charge in [-0.3, -0.25) is 9.59 Å². The molecule has 2 aromatic rings. The predicted octanol–water partition coefficient (Wildman–Crippen LogP) is 3.05. The average Bonchev–Trinajstić information content (AvgIpc) is 2.68. The summed E-state index contributed by atoms with van der Waals surface area (Å²) in [4.78, 5) is 21.0. The van der Waals surface area contributed by atoms with E-state index in [0.717, 1.165) is 11.8 Å². The Hall–Kier alpha value is -3.22. The lowest BCUT2D eigenvalue weighted by atomic mass is 10.1. The molecule has 0 spiro atoms. The molecule has 26 heavy (non-hydrogen) atoms. The Balaban J connectivity index is 0.000000260. The van der Waals surface area contributed by atoms with Crippen LogP contribution in [0.5, 0.6) is 28.7 Å². The number of phenolic OH excluding ortho intramolecular Hbond substituents is 1. The first kappa shape index (κ1) is 20.8. The Labute approximate surface area is 152 Å². The first-order valence-corrected chi connectivity index (χ1v) is 7.53. The van der Waals surface area contributed by atoms with E-state index in [4.69, 9.17) is 18.9 Å². The summed E-state index contributed by atoms with van der Waals surface area (Å²) in [6.45, 7) is 1.88. The molecule has 2 rings (SSSR count). The van der Waals surface area contributed by atoms with E-state index in [1.54, 1.807) is 26.4 Å². The summed E-state index contributed by atoms with van der Waals surface area (Å²) < 4.78 is 19.9. The first-order valence-electron chi connectivity index (χ1n) is 7.53. The third kappa shape index (κ3) is 4.89. The molecule has 0 aliphatic heterocycles. The molecule has 0 unspecified atom stereocenters. The lowest BCUT2D eigenvalue weighted by Gasteiger charge is -2.09. The predicted molar refractivity (Wildman–Crippen MR) is 96.3 cm³/mol. The maximum absolute atomic E-state index is 10.5. The van der Waals surface area contributed by atoms with Gasteiger partial charge in [0.1, 0.15) is 24.1 Å². The molecular weight excluding hydrogens is 340 g/mol. The molecule has 7 nitrogen and oxygen atoms in total. The molecule has 0 bridgehead atoms. The smallest absolute Gasteiger partial charge is 0.200 e. The second-order valence-corrected chi connectivity index (χ2v) is 5.06. The van der Waals surface area contributed by atoms with Gasteiger partial charge in [0.25, 0.3) is 0 Å². The van der Waals surface area contributed by atoms with Crippen LogP contribution in [-0.2, 0) is 0 Å². The van der Waals surface area contributed by atoms with Crippen LogP contribution in [0.3, 0.4) is 0 Å². The van der Waals surface area contributed by atoms with Crippen molar-refractivity contribution in [2.75, 3.05) is 28.4 Å². The fourth-order valence-corrected chi connectivity index (χ4v) is 2.16. The number of phenols is 1. The number of carbonyl (C=O) groups is 2. The quantitative estimate of drug-likeness (QED) is 0.790. The summed E-state index contributed by atoms with van der Waals surface area (Å²) >= 11 is 0. The molecule has 7 heteroatoms. The molecule has 0 aliphatic carbocycles. The van der Waals surface area contributed by atoms with Gasteiger partial charge in [-0.1, -0.05) is 0 Å². The highest BCUT2D eigenvalue weighted by molar-refractivity contribution is 5.78. The van der Waals surface area contributed by atoms with E-state index in [1.165, 1.54) is 26.4 Å². The van der Waals surface area contributed by atoms with Crippen LogP contribution in [0.2, 0.25) is 0 Å². The second-order valence-electron chi connectivity index (χ2n) is 5.06. The molecule has 140 valence electrons. The molecule has 2 aromatic carbocycles. The largest absolute Gasteiger partial charge is 0.502 e. The van der Waals surface area contributed by atoms with E-state index >= 15 is 0 Å². The number of rotatable bonds is 6. The van der Waals surface area contributed by atoms with Gasteiger partial charge in [0.15, 0.2) is 11.5 Å². The van der Waals surface area contributed by atoms with Crippen molar-refractivity contribution in [2.24, 2.45) is 0 Å². The molecule has 0 heterocycles. The minimum Gasteiger partial charge on any atom is -0.502 e. The van der Waals surface area contributed by atoms with Gasteiger partial charge >= 0.3 is 0 Å². The van der Waals surface area contributed by atoms with Crippen molar-refractivity contribution in [1.82, 2.24) is 0 Å². The van der Waals surface area contributed by atoms with Crippen LogP contribution in [0.4, 0.5) is 0 Å². The van der Waals surface area contributed by atoms with E-state index in [-0.39, 0.29) is 17.2 Å². The number of aldehydes is 2. The lowest BCUT2D eigenvalue weighted by molar-refractivity contribution is 0.111. The number of carbonyl (C=O) groups excluding carboxylic acids is 2. The van der Waals surface area contributed by atoms with E-state index in [2.05, 4.69) is 0 Å². The summed E-state index contributed by atoms with van der Waals surface area (Å²) in [5.74, 6) is 1.68. The minimum absolute atomic E-state index is 0.101. The first-order chi connectivity index (χ1) is 12.4. The van der Waals surface area contributed by atoms with Crippen molar-refractivity contribution >= 4 is 12.6 Å². The molecule has 0 aromatic heterocycles. The number of benzene rings is 2. The van der Waals surface area contributed by atoms with Crippen molar-refractivity contribution in [2.45, 2.75) is 6.92 Å². The van der Waals surface area contributed by atoms with Crippen molar-refractivity contribution < 1.29 is 33.6 Å². The standard InChI is InChI=1S/C10H12O3.C9H10O4/c1-7-9(12-2)4-8(6-11)5-10(7)13-3;1-12-7-3-6(5-10)4-8(13-2)9(7)11/h4-6H,1-3H3;3-5,11H,1-2H3. The zero-order valence-corrected chi connectivity index (χ0v) is 15.4. The minimum atomic E-state index is -0.101. The molecule has 0 amide bonds. The lowest BCUT2D eigenvalue weighted by Crippen LogP contribution is -1.94. The second kappa shape index (κ2) is 9.93. The third-order valence-corrected chi connectivity index (χ3v) is 3.55. The zero-order chi connectivity index (χ0) is 19.7. The van der Waals surface area contributed by atoms with Gasteiger partial charge in [0.05, 0.1) is 28.4 Å². The summed E-state index contributed by atoms with van der Waals surface area (Å²) in [6.07, 6.45) is 1.43. The van der Waals surface area contributed by atoms with Crippen LogP contribution in [-0.4, -0.2) is 46.1 Å². The highest BCUT2D eigenvalue weighted by Gasteiger charge is 2.10. The van der Waals surface area contributed by atoms with Crippen molar-refractivity contribution in [3.05, 3.63) is 41.0 Å². The third-order valence-electron chi connectivity index (χ3n) is 3.55. The van der Waals surface area contributed by atoms with Gasteiger partial charge in [-0.25, -0.2) is 0 Å². The van der Waals surface area contributed by atoms with Crippen LogP contribution in [0.25, 0.3) is 0 Å². The Morgan fingerprint density at radius 1 is 0.692 bits per heavy atom. The molecule has 0 saturated carbocycles. The fourth-order valence-electron chi connectivity index (χ4n) is 2.16. The van der Waals surface area contributed by atoms with Crippen LogP contribution in [0.15, 0.2) is 24.3 Å². The Morgan fingerprint density at radius 3 is 1.27 bits per heavy atom. The van der Waals surface area contributed by atoms with Gasteiger partial charge in [-0.05, 0) is 31.2 Å².